The minimum absolute atomic E-state index is 0.306. The third kappa shape index (κ3) is 23.9. The van der Waals surface area contributed by atoms with Gasteiger partial charge >= 0.3 is 0 Å². The van der Waals surface area contributed by atoms with E-state index in [9.17, 15) is 0 Å². The Morgan fingerprint density at radius 1 is 0.448 bits per heavy atom. The summed E-state index contributed by atoms with van der Waals surface area (Å²) in [6, 6.07) is 0. The first-order chi connectivity index (χ1) is 14.1. The lowest BCUT2D eigenvalue weighted by Crippen LogP contribution is -2.31. The fourth-order valence-electron chi connectivity index (χ4n) is 3.82. The van der Waals surface area contributed by atoms with E-state index < -0.39 is 12.6 Å². The van der Waals surface area contributed by atoms with E-state index in [0.29, 0.717) is 25.9 Å². The third-order valence-corrected chi connectivity index (χ3v) is 5.73. The molecule has 0 aliphatic carbocycles. The molecule has 0 aromatic heterocycles. The highest BCUT2D eigenvalue weighted by Crippen LogP contribution is 2.14. The zero-order chi connectivity index (χ0) is 21.6. The van der Waals surface area contributed by atoms with Crippen molar-refractivity contribution in [2.75, 3.05) is 19.6 Å². The predicted octanol–water partition coefficient (Wildman–Crippen LogP) is 4.95. The molecule has 0 rings (SSSR count). The van der Waals surface area contributed by atoms with Crippen LogP contribution in [0.3, 0.4) is 0 Å². The predicted molar refractivity (Wildman–Crippen MR) is 122 cm³/mol. The third-order valence-electron chi connectivity index (χ3n) is 5.73. The Balaban J connectivity index is 3.40. The molecule has 0 heterocycles. The van der Waals surface area contributed by atoms with E-state index in [2.05, 4.69) is 11.8 Å². The van der Waals surface area contributed by atoms with E-state index in [-0.39, 0.29) is 0 Å². The van der Waals surface area contributed by atoms with Crippen LogP contribution in [0.1, 0.15) is 122 Å². The first-order valence-corrected chi connectivity index (χ1v) is 12.5. The van der Waals surface area contributed by atoms with Crippen molar-refractivity contribution in [3.63, 3.8) is 0 Å². The summed E-state index contributed by atoms with van der Waals surface area (Å²) in [7, 11) is 0. The topological polar surface area (TPSA) is 84.2 Å². The van der Waals surface area contributed by atoms with E-state index in [1.807, 2.05) is 0 Å². The molecule has 4 N–H and O–H groups in total. The normalized spacial score (nSPS) is 12.0. The highest BCUT2D eigenvalue weighted by Gasteiger charge is 2.09. The first-order valence-electron chi connectivity index (χ1n) is 12.5. The maximum atomic E-state index is 9.02. The van der Waals surface area contributed by atoms with Crippen LogP contribution >= 0.6 is 0 Å². The Morgan fingerprint density at radius 2 is 0.759 bits per heavy atom. The van der Waals surface area contributed by atoms with Crippen molar-refractivity contribution >= 4 is 0 Å². The van der Waals surface area contributed by atoms with Crippen LogP contribution in [0.5, 0.6) is 0 Å². The van der Waals surface area contributed by atoms with Crippen molar-refractivity contribution in [2.45, 2.75) is 135 Å². The summed E-state index contributed by atoms with van der Waals surface area (Å²) < 4.78 is 0. The molecular formula is C24H51NO4. The van der Waals surface area contributed by atoms with E-state index >= 15 is 0 Å². The van der Waals surface area contributed by atoms with Crippen LogP contribution in [-0.4, -0.2) is 57.5 Å². The number of aliphatic hydroxyl groups is 4. The summed E-state index contributed by atoms with van der Waals surface area (Å²) in [5, 5.41) is 36.1. The van der Waals surface area contributed by atoms with E-state index in [0.717, 1.165) is 13.0 Å². The van der Waals surface area contributed by atoms with Crippen LogP contribution < -0.4 is 0 Å². The molecule has 0 aliphatic rings. The number of hydrogen-bond donors (Lipinski definition) is 4. The second kappa shape index (κ2) is 22.5. The summed E-state index contributed by atoms with van der Waals surface area (Å²) >= 11 is 0. The van der Waals surface area contributed by atoms with Crippen molar-refractivity contribution in [1.82, 2.24) is 4.90 Å². The average molecular weight is 418 g/mol. The van der Waals surface area contributed by atoms with Crippen LogP contribution in [0.4, 0.5) is 0 Å². The molecule has 0 aliphatic heterocycles. The van der Waals surface area contributed by atoms with E-state index in [1.54, 1.807) is 0 Å². The summed E-state index contributed by atoms with van der Waals surface area (Å²) in [4.78, 5) is 2.10. The second-order valence-corrected chi connectivity index (χ2v) is 8.68. The highest BCUT2D eigenvalue weighted by atomic mass is 16.5. The summed E-state index contributed by atoms with van der Waals surface area (Å²) in [6.45, 7) is 4.33. The Bertz CT molecular complexity index is 301. The number of hydrogen-bond acceptors (Lipinski definition) is 5. The monoisotopic (exact) mass is 417 g/mol. The Hall–Kier alpha value is -0.200. The quantitative estimate of drug-likeness (QED) is 0.140. The standard InChI is InChI=1S/C24H51NO4/c1-2-3-4-5-6-7-8-9-10-11-12-13-14-15-16-17-20-25(21-18-23(26)27)22-19-24(28)29/h23-24,26-29H,2-22H2,1H3. The van der Waals surface area contributed by atoms with Crippen molar-refractivity contribution in [2.24, 2.45) is 0 Å². The zero-order valence-electron chi connectivity index (χ0n) is 19.2. The van der Waals surface area contributed by atoms with Crippen molar-refractivity contribution in [1.29, 1.82) is 0 Å². The zero-order valence-corrected chi connectivity index (χ0v) is 19.2. The molecule has 0 aromatic rings. The van der Waals surface area contributed by atoms with Crippen molar-refractivity contribution < 1.29 is 20.4 Å². The number of nitrogens with zero attached hydrogens (tertiary/aromatic N) is 1. The highest BCUT2D eigenvalue weighted by molar-refractivity contribution is 4.60. The number of rotatable bonds is 23. The Kier molecular flexibility index (Phi) is 22.3. The summed E-state index contributed by atoms with van der Waals surface area (Å²) in [5.41, 5.74) is 0. The van der Waals surface area contributed by atoms with E-state index in [1.165, 1.54) is 96.3 Å². The molecule has 29 heavy (non-hydrogen) atoms. The van der Waals surface area contributed by atoms with Crippen LogP contribution in [0.2, 0.25) is 0 Å². The summed E-state index contributed by atoms with van der Waals surface area (Å²) in [6.07, 6.45) is 19.6. The second-order valence-electron chi connectivity index (χ2n) is 8.68. The van der Waals surface area contributed by atoms with Gasteiger partial charge in [-0.2, -0.15) is 0 Å². The van der Waals surface area contributed by atoms with Gasteiger partial charge in [-0.05, 0) is 13.0 Å². The minimum Gasteiger partial charge on any atom is -0.368 e. The SMILES string of the molecule is CCCCCCCCCCCCCCCCCCN(CCC(O)O)CCC(O)O. The lowest BCUT2D eigenvalue weighted by atomic mass is 10.0. The molecule has 176 valence electrons. The maximum Gasteiger partial charge on any atom is 0.152 e. The molecule has 0 aromatic carbocycles. The van der Waals surface area contributed by atoms with Crippen molar-refractivity contribution in [3.8, 4) is 0 Å². The molecule has 0 saturated carbocycles. The van der Waals surface area contributed by atoms with Gasteiger partial charge in [-0.25, -0.2) is 0 Å². The molecule has 0 amide bonds. The Labute approximate surface area is 180 Å². The smallest absolute Gasteiger partial charge is 0.152 e. The van der Waals surface area contributed by atoms with Gasteiger partial charge in [-0.15, -0.1) is 0 Å². The molecule has 5 nitrogen and oxygen atoms in total. The molecule has 0 atom stereocenters. The lowest BCUT2D eigenvalue weighted by molar-refractivity contribution is -0.0595. The van der Waals surface area contributed by atoms with Gasteiger partial charge in [0.1, 0.15) is 0 Å². The molecule has 0 unspecified atom stereocenters. The minimum atomic E-state index is -1.29. The molecule has 0 spiro atoms. The van der Waals surface area contributed by atoms with Gasteiger partial charge in [-0.1, -0.05) is 103 Å². The number of unbranched alkanes of at least 4 members (excludes halogenated alkanes) is 15. The fraction of sp³-hybridized carbons (Fsp3) is 1.00. The number of aliphatic hydroxyl groups excluding tert-OH is 2. The maximum absolute atomic E-state index is 9.02. The average Bonchev–Trinajstić information content (AvgIpc) is 2.68. The lowest BCUT2D eigenvalue weighted by Gasteiger charge is -2.23. The van der Waals surface area contributed by atoms with Gasteiger partial charge < -0.3 is 25.3 Å². The van der Waals surface area contributed by atoms with Gasteiger partial charge in [0.15, 0.2) is 12.6 Å². The van der Waals surface area contributed by atoms with Gasteiger partial charge in [0.05, 0.1) is 0 Å². The van der Waals surface area contributed by atoms with Gasteiger partial charge in [0.25, 0.3) is 0 Å². The van der Waals surface area contributed by atoms with Crippen LogP contribution in [0, 0.1) is 0 Å². The fourth-order valence-corrected chi connectivity index (χ4v) is 3.82. The largest absolute Gasteiger partial charge is 0.368 e. The van der Waals surface area contributed by atoms with E-state index in [4.69, 9.17) is 20.4 Å². The Morgan fingerprint density at radius 3 is 1.07 bits per heavy atom. The van der Waals surface area contributed by atoms with Gasteiger partial charge in [-0.3, -0.25) is 0 Å². The van der Waals surface area contributed by atoms with Crippen LogP contribution in [0.15, 0.2) is 0 Å². The first kappa shape index (κ1) is 28.8. The molecule has 0 fully saturated rings. The van der Waals surface area contributed by atoms with Crippen molar-refractivity contribution in [3.05, 3.63) is 0 Å². The summed E-state index contributed by atoms with van der Waals surface area (Å²) in [5.74, 6) is 0. The van der Waals surface area contributed by atoms with Crippen LogP contribution in [0.25, 0.3) is 0 Å². The van der Waals surface area contributed by atoms with Crippen LogP contribution in [-0.2, 0) is 0 Å². The molecular weight excluding hydrogens is 366 g/mol. The van der Waals surface area contributed by atoms with Gasteiger partial charge in [0, 0.05) is 25.9 Å². The van der Waals surface area contributed by atoms with Gasteiger partial charge in [0.2, 0.25) is 0 Å². The molecule has 0 bridgehead atoms. The molecule has 0 radical (unpaired) electrons. The molecule has 0 saturated heterocycles. The molecule has 5 heteroatoms.